The van der Waals surface area contributed by atoms with E-state index in [1.54, 1.807) is 17.0 Å². The molecule has 2 heterocycles. The highest BCUT2D eigenvalue weighted by Crippen LogP contribution is 2.38. The van der Waals surface area contributed by atoms with Gasteiger partial charge in [-0.2, -0.15) is 0 Å². The zero-order valence-electron chi connectivity index (χ0n) is 20.1. The number of hydrogen-bond acceptors (Lipinski definition) is 4. The zero-order valence-corrected chi connectivity index (χ0v) is 20.1. The topological polar surface area (TPSA) is 63.9 Å². The Morgan fingerprint density at radius 3 is 2.45 bits per heavy atom. The quantitative estimate of drug-likeness (QED) is 0.366. The second-order valence-corrected chi connectivity index (χ2v) is 8.96. The maximum atomic E-state index is 13.7. The van der Waals surface area contributed by atoms with Gasteiger partial charge in [0.2, 0.25) is 5.92 Å². The van der Waals surface area contributed by atoms with E-state index in [-0.39, 0.29) is 30.4 Å². The summed E-state index contributed by atoms with van der Waals surface area (Å²) in [4.78, 5) is 32.1. The summed E-state index contributed by atoms with van der Waals surface area (Å²) in [5, 5.41) is 0. The summed E-state index contributed by atoms with van der Waals surface area (Å²) >= 11 is 0. The van der Waals surface area contributed by atoms with Gasteiger partial charge in [-0.05, 0) is 64.5 Å². The molecule has 3 rings (SSSR count). The largest absolute Gasteiger partial charge is 0.461 e. The molecule has 1 aliphatic carbocycles. The number of ether oxygens (including phenoxy) is 1. The second kappa shape index (κ2) is 10.6. The lowest BCUT2D eigenvalue weighted by atomic mass is 9.83. The van der Waals surface area contributed by atoms with Crippen LogP contribution in [0.1, 0.15) is 91.5 Å². The first kappa shape index (κ1) is 25.1. The summed E-state index contributed by atoms with van der Waals surface area (Å²) in [6, 6.07) is 3.51. The van der Waals surface area contributed by atoms with E-state index in [0.29, 0.717) is 55.9 Å². The van der Waals surface area contributed by atoms with Crippen molar-refractivity contribution >= 4 is 17.5 Å². The fourth-order valence-corrected chi connectivity index (χ4v) is 4.56. The highest BCUT2D eigenvalue weighted by atomic mass is 19.3. The first-order valence-electron chi connectivity index (χ1n) is 12.1. The molecule has 8 heteroatoms. The van der Waals surface area contributed by atoms with Crippen LogP contribution in [0.2, 0.25) is 0 Å². The Kier molecular flexibility index (Phi) is 8.08. The molecule has 0 aliphatic heterocycles. The van der Waals surface area contributed by atoms with Crippen LogP contribution >= 0.6 is 0 Å². The van der Waals surface area contributed by atoms with Crippen LogP contribution in [0.4, 0.5) is 8.78 Å². The summed E-state index contributed by atoms with van der Waals surface area (Å²) in [6.07, 6.45) is 2.67. The summed E-state index contributed by atoms with van der Waals surface area (Å²) in [7, 11) is 0. The number of rotatable bonds is 9. The molecular formula is C25H35F2N3O3. The number of hydrogen-bond donors (Lipinski definition) is 0. The van der Waals surface area contributed by atoms with Crippen LogP contribution in [0.5, 0.6) is 0 Å². The van der Waals surface area contributed by atoms with Gasteiger partial charge < -0.3 is 14.0 Å². The van der Waals surface area contributed by atoms with Crippen molar-refractivity contribution in [1.82, 2.24) is 14.3 Å². The first-order valence-corrected chi connectivity index (χ1v) is 12.1. The third kappa shape index (κ3) is 5.71. The minimum Gasteiger partial charge on any atom is -0.461 e. The molecule has 0 unspecified atom stereocenters. The lowest BCUT2D eigenvalue weighted by molar-refractivity contribution is -0.0457. The second-order valence-electron chi connectivity index (χ2n) is 8.96. The Morgan fingerprint density at radius 1 is 1.18 bits per heavy atom. The Morgan fingerprint density at radius 2 is 1.85 bits per heavy atom. The zero-order chi connectivity index (χ0) is 24.2. The number of nitrogens with zero attached hydrogens (tertiary/aromatic N) is 3. The van der Waals surface area contributed by atoms with Crippen LogP contribution in [0.3, 0.4) is 0 Å². The fraction of sp³-hybridized carbons (Fsp3) is 0.640. The van der Waals surface area contributed by atoms with Gasteiger partial charge in [-0.1, -0.05) is 13.3 Å². The van der Waals surface area contributed by atoms with E-state index in [4.69, 9.17) is 4.74 Å². The minimum absolute atomic E-state index is 0.0445. The van der Waals surface area contributed by atoms with Gasteiger partial charge in [0.1, 0.15) is 5.65 Å². The maximum absolute atomic E-state index is 13.7. The number of aromatic nitrogens is 2. The van der Waals surface area contributed by atoms with Gasteiger partial charge in [0.25, 0.3) is 5.91 Å². The smallest absolute Gasteiger partial charge is 0.358 e. The molecule has 0 radical (unpaired) electrons. The van der Waals surface area contributed by atoms with Crippen molar-refractivity contribution in [1.29, 1.82) is 0 Å². The number of unbranched alkanes of at least 4 members (excludes halogenated alkanes) is 1. The summed E-state index contributed by atoms with van der Waals surface area (Å²) < 4.78 is 34.7. The molecule has 0 N–H and O–H groups in total. The number of fused-ring (bicyclic) bond motifs is 1. The molecule has 0 saturated heterocycles. The van der Waals surface area contributed by atoms with Crippen molar-refractivity contribution in [2.24, 2.45) is 5.92 Å². The SMILES string of the molecule is CCCCOC(=O)c1nc2cc(C(=O)N(CC)CC)cc(C)n2c1CC1CCC(F)(F)CC1. The number of esters is 1. The van der Waals surface area contributed by atoms with Crippen molar-refractivity contribution in [3.05, 3.63) is 34.8 Å². The molecule has 1 fully saturated rings. The van der Waals surface area contributed by atoms with Crippen molar-refractivity contribution in [3.8, 4) is 0 Å². The van der Waals surface area contributed by atoms with Gasteiger partial charge in [-0.15, -0.1) is 0 Å². The van der Waals surface area contributed by atoms with E-state index in [9.17, 15) is 18.4 Å². The normalized spacial score (nSPS) is 16.2. The Labute approximate surface area is 194 Å². The number of alkyl halides is 2. The summed E-state index contributed by atoms with van der Waals surface area (Å²) in [6.45, 7) is 9.25. The predicted octanol–water partition coefficient (Wildman–Crippen LogP) is 5.45. The van der Waals surface area contributed by atoms with Crippen molar-refractivity contribution in [3.63, 3.8) is 0 Å². The van der Waals surface area contributed by atoms with E-state index in [1.165, 1.54) is 0 Å². The number of halogens is 2. The number of carbonyl (C=O) groups excluding carboxylic acids is 2. The highest BCUT2D eigenvalue weighted by molar-refractivity contribution is 5.96. The van der Waals surface area contributed by atoms with Crippen LogP contribution in [0, 0.1) is 12.8 Å². The Hall–Kier alpha value is -2.51. The third-order valence-corrected chi connectivity index (χ3v) is 6.54. The molecule has 1 amide bonds. The summed E-state index contributed by atoms with van der Waals surface area (Å²) in [5.74, 6) is -3.15. The standard InChI is InChI=1S/C25H35F2N3O3/c1-5-8-13-33-24(32)22-20(15-18-9-11-25(26,27)12-10-18)30-17(4)14-19(16-21(30)28-22)23(31)29(6-2)7-3/h14,16,18H,5-13,15H2,1-4H3. The van der Waals surface area contributed by atoms with Crippen LogP contribution in [0.15, 0.2) is 12.1 Å². The van der Waals surface area contributed by atoms with Crippen molar-refractivity contribution < 1.29 is 23.1 Å². The third-order valence-electron chi connectivity index (χ3n) is 6.54. The van der Waals surface area contributed by atoms with Gasteiger partial charge in [0, 0.05) is 37.2 Å². The number of amides is 1. The van der Waals surface area contributed by atoms with E-state index in [0.717, 1.165) is 18.5 Å². The number of aryl methyl sites for hydroxylation is 1. The van der Waals surface area contributed by atoms with Gasteiger partial charge in [-0.25, -0.2) is 18.6 Å². The van der Waals surface area contributed by atoms with Gasteiger partial charge in [0.05, 0.1) is 12.3 Å². The lowest BCUT2D eigenvalue weighted by Crippen LogP contribution is -2.30. The highest BCUT2D eigenvalue weighted by Gasteiger charge is 2.36. The van der Waals surface area contributed by atoms with Crippen LogP contribution in [0.25, 0.3) is 5.65 Å². The number of imidazole rings is 1. The average Bonchev–Trinajstić information content (AvgIpc) is 3.15. The lowest BCUT2D eigenvalue weighted by Gasteiger charge is -2.28. The number of pyridine rings is 1. The molecule has 0 bridgehead atoms. The molecule has 2 aromatic rings. The monoisotopic (exact) mass is 463 g/mol. The molecule has 6 nitrogen and oxygen atoms in total. The van der Waals surface area contributed by atoms with Crippen molar-refractivity contribution in [2.45, 2.75) is 78.6 Å². The Balaban J connectivity index is 2.00. The maximum Gasteiger partial charge on any atom is 0.358 e. The average molecular weight is 464 g/mol. The first-order chi connectivity index (χ1) is 15.7. The van der Waals surface area contributed by atoms with Gasteiger partial charge in [-0.3, -0.25) is 4.79 Å². The fourth-order valence-electron chi connectivity index (χ4n) is 4.56. The molecule has 0 aromatic carbocycles. The Bertz CT molecular complexity index is 988. The molecule has 0 atom stereocenters. The molecule has 0 spiro atoms. The predicted molar refractivity (Wildman–Crippen MR) is 123 cm³/mol. The number of carbonyl (C=O) groups is 2. The van der Waals surface area contributed by atoms with Crippen LogP contribution < -0.4 is 0 Å². The molecule has 182 valence electrons. The van der Waals surface area contributed by atoms with E-state index >= 15 is 0 Å². The molecule has 33 heavy (non-hydrogen) atoms. The van der Waals surface area contributed by atoms with E-state index in [2.05, 4.69) is 4.98 Å². The minimum atomic E-state index is -2.60. The molecular weight excluding hydrogens is 428 g/mol. The van der Waals surface area contributed by atoms with Crippen LogP contribution in [-0.2, 0) is 11.2 Å². The van der Waals surface area contributed by atoms with Gasteiger partial charge in [0.15, 0.2) is 5.69 Å². The summed E-state index contributed by atoms with van der Waals surface area (Å²) in [5.41, 5.74) is 2.70. The molecule has 1 aliphatic rings. The van der Waals surface area contributed by atoms with Gasteiger partial charge >= 0.3 is 5.97 Å². The van der Waals surface area contributed by atoms with Crippen LogP contribution in [-0.4, -0.2) is 51.8 Å². The van der Waals surface area contributed by atoms with E-state index < -0.39 is 11.9 Å². The molecule has 2 aromatic heterocycles. The molecule has 1 saturated carbocycles. The van der Waals surface area contributed by atoms with E-state index in [1.807, 2.05) is 32.1 Å². The van der Waals surface area contributed by atoms with Crippen molar-refractivity contribution in [2.75, 3.05) is 19.7 Å².